The van der Waals surface area contributed by atoms with Crippen molar-refractivity contribution < 1.29 is 18.0 Å². The molecule has 0 saturated carbocycles. The lowest BCUT2D eigenvalue weighted by atomic mass is 9.87. The fourth-order valence-corrected chi connectivity index (χ4v) is 2.51. The number of nitrogens with zero attached hydrogens (tertiary/aromatic N) is 1. The fourth-order valence-electron chi connectivity index (χ4n) is 2.51. The zero-order valence-electron chi connectivity index (χ0n) is 11.2. The van der Waals surface area contributed by atoms with Crippen LogP contribution in [0.5, 0.6) is 0 Å². The molecule has 1 rings (SSSR count). The van der Waals surface area contributed by atoms with Crippen LogP contribution in [-0.2, 0) is 4.79 Å². The zero-order chi connectivity index (χ0) is 14.3. The Balaban J connectivity index is 2.92. The van der Waals surface area contributed by atoms with Gasteiger partial charge in [-0.05, 0) is 26.2 Å². The Bertz CT molecular complexity index is 326. The molecule has 1 aliphatic heterocycles. The lowest BCUT2D eigenvalue weighted by molar-refractivity contribution is -0.192. The third-order valence-electron chi connectivity index (χ3n) is 3.85. The van der Waals surface area contributed by atoms with Crippen LogP contribution in [0, 0.1) is 11.8 Å². The van der Waals surface area contributed by atoms with E-state index < -0.39 is 23.7 Å². The van der Waals surface area contributed by atoms with Crippen LogP contribution in [0.15, 0.2) is 0 Å². The highest BCUT2D eigenvalue weighted by Crippen LogP contribution is 2.44. The molecule has 18 heavy (non-hydrogen) atoms. The summed E-state index contributed by atoms with van der Waals surface area (Å²) in [6, 6.07) is -0.740. The maximum Gasteiger partial charge on any atom is 0.394 e. The molecule has 0 aliphatic carbocycles. The summed E-state index contributed by atoms with van der Waals surface area (Å²) in [5.74, 6) is -1.95. The molecule has 3 nitrogen and oxygen atoms in total. The van der Waals surface area contributed by atoms with Gasteiger partial charge in [-0.3, -0.25) is 4.79 Å². The minimum Gasteiger partial charge on any atom is -0.336 e. The van der Waals surface area contributed by atoms with Gasteiger partial charge in [-0.25, -0.2) is 0 Å². The van der Waals surface area contributed by atoms with Crippen molar-refractivity contribution in [1.29, 1.82) is 0 Å². The zero-order valence-corrected chi connectivity index (χ0v) is 11.2. The number of hydrogen-bond donors (Lipinski definition) is 1. The minimum absolute atomic E-state index is 0.0486. The fraction of sp³-hybridized carbons (Fsp3) is 0.917. The van der Waals surface area contributed by atoms with Gasteiger partial charge in [0.25, 0.3) is 0 Å². The first-order valence-corrected chi connectivity index (χ1v) is 6.13. The van der Waals surface area contributed by atoms with Crippen molar-refractivity contribution in [1.82, 2.24) is 4.90 Å². The molecule has 0 spiro atoms. The molecule has 0 bridgehead atoms. The quantitative estimate of drug-likeness (QED) is 0.832. The van der Waals surface area contributed by atoms with Crippen molar-refractivity contribution >= 4 is 5.91 Å². The van der Waals surface area contributed by atoms with Gasteiger partial charge >= 0.3 is 6.18 Å². The monoisotopic (exact) mass is 266 g/mol. The van der Waals surface area contributed by atoms with Crippen molar-refractivity contribution in [2.45, 2.75) is 51.9 Å². The number of hydrogen-bond acceptors (Lipinski definition) is 2. The molecule has 1 fully saturated rings. The number of rotatable bonds is 2. The average molecular weight is 266 g/mol. The summed E-state index contributed by atoms with van der Waals surface area (Å²) < 4.78 is 38.7. The van der Waals surface area contributed by atoms with Crippen molar-refractivity contribution in [2.24, 2.45) is 17.6 Å². The predicted octanol–water partition coefficient (Wildman–Crippen LogP) is 2.16. The van der Waals surface area contributed by atoms with Crippen LogP contribution < -0.4 is 5.73 Å². The van der Waals surface area contributed by atoms with Gasteiger partial charge in [-0.1, -0.05) is 13.8 Å². The molecule has 1 amide bonds. The van der Waals surface area contributed by atoms with E-state index >= 15 is 0 Å². The average Bonchev–Trinajstić information content (AvgIpc) is 2.50. The predicted molar refractivity (Wildman–Crippen MR) is 62.8 cm³/mol. The Hall–Kier alpha value is -0.780. The summed E-state index contributed by atoms with van der Waals surface area (Å²) in [6.45, 7) is 6.61. The van der Waals surface area contributed by atoms with Crippen LogP contribution in [0.4, 0.5) is 13.2 Å². The van der Waals surface area contributed by atoms with Crippen molar-refractivity contribution in [2.75, 3.05) is 6.54 Å². The molecule has 0 radical (unpaired) electrons. The molecule has 1 saturated heterocycles. The third-order valence-corrected chi connectivity index (χ3v) is 3.85. The van der Waals surface area contributed by atoms with E-state index in [2.05, 4.69) is 0 Å². The van der Waals surface area contributed by atoms with Crippen molar-refractivity contribution in [3.8, 4) is 0 Å². The molecule has 6 heteroatoms. The van der Waals surface area contributed by atoms with E-state index in [0.717, 1.165) is 0 Å². The summed E-state index contributed by atoms with van der Waals surface area (Å²) in [7, 11) is 0. The van der Waals surface area contributed by atoms with Gasteiger partial charge in [-0.2, -0.15) is 13.2 Å². The molecule has 106 valence electrons. The number of carbonyl (C=O) groups is 1. The first kappa shape index (κ1) is 15.3. The maximum atomic E-state index is 12.9. The number of alkyl halides is 3. The largest absolute Gasteiger partial charge is 0.394 e. The Morgan fingerprint density at radius 1 is 1.39 bits per heavy atom. The molecule has 2 N–H and O–H groups in total. The van der Waals surface area contributed by atoms with Crippen LogP contribution in [0.1, 0.15) is 34.1 Å². The van der Waals surface area contributed by atoms with E-state index in [0.29, 0.717) is 0 Å². The molecule has 1 aliphatic rings. The summed E-state index contributed by atoms with van der Waals surface area (Å²) in [5.41, 5.74) is 4.52. The van der Waals surface area contributed by atoms with Gasteiger partial charge < -0.3 is 10.6 Å². The molecule has 0 aromatic carbocycles. The SMILES string of the molecule is CC(C)[C@H](N)C(=O)N1CCC(C(F)(F)F)C1(C)C. The summed E-state index contributed by atoms with van der Waals surface area (Å²) in [4.78, 5) is 13.4. The molecular weight excluding hydrogens is 245 g/mol. The number of carbonyl (C=O) groups excluding carboxylic acids is 1. The van der Waals surface area contributed by atoms with Crippen LogP contribution >= 0.6 is 0 Å². The molecule has 0 aromatic rings. The minimum atomic E-state index is -4.28. The molecular formula is C12H21F3N2O. The van der Waals surface area contributed by atoms with Gasteiger partial charge in [0.15, 0.2) is 0 Å². The van der Waals surface area contributed by atoms with Crippen LogP contribution in [0.2, 0.25) is 0 Å². The van der Waals surface area contributed by atoms with E-state index in [9.17, 15) is 18.0 Å². The molecule has 0 aromatic heterocycles. The topological polar surface area (TPSA) is 46.3 Å². The van der Waals surface area contributed by atoms with Crippen LogP contribution in [0.3, 0.4) is 0 Å². The van der Waals surface area contributed by atoms with Crippen molar-refractivity contribution in [3.05, 3.63) is 0 Å². The highest BCUT2D eigenvalue weighted by atomic mass is 19.4. The van der Waals surface area contributed by atoms with E-state index in [-0.39, 0.29) is 24.8 Å². The number of amides is 1. The Labute approximate surface area is 106 Å². The maximum absolute atomic E-state index is 12.9. The number of halogens is 3. The van der Waals surface area contributed by atoms with Gasteiger partial charge in [-0.15, -0.1) is 0 Å². The van der Waals surface area contributed by atoms with Gasteiger partial charge in [0.05, 0.1) is 12.0 Å². The second kappa shape index (κ2) is 4.72. The van der Waals surface area contributed by atoms with Gasteiger partial charge in [0, 0.05) is 12.1 Å². The molecule has 1 heterocycles. The standard InChI is InChI=1S/C12H21F3N2O/c1-7(2)9(16)10(18)17-6-5-8(11(17,3)4)12(13,14)15/h7-9H,5-6,16H2,1-4H3/t8?,9-/m0/s1. The normalized spacial score (nSPS) is 25.6. The lowest BCUT2D eigenvalue weighted by Gasteiger charge is -2.38. The first-order chi connectivity index (χ1) is 7.99. The smallest absolute Gasteiger partial charge is 0.336 e. The highest BCUT2D eigenvalue weighted by molar-refractivity contribution is 5.83. The molecule has 2 atom stereocenters. The van der Waals surface area contributed by atoms with Gasteiger partial charge in [0.1, 0.15) is 0 Å². The Morgan fingerprint density at radius 3 is 2.22 bits per heavy atom. The number of nitrogens with two attached hydrogens (primary N) is 1. The van der Waals surface area contributed by atoms with Crippen LogP contribution in [-0.4, -0.2) is 35.1 Å². The lowest BCUT2D eigenvalue weighted by Crippen LogP contribution is -2.55. The van der Waals surface area contributed by atoms with E-state index in [4.69, 9.17) is 5.73 Å². The van der Waals surface area contributed by atoms with E-state index in [1.165, 1.54) is 18.7 Å². The summed E-state index contributed by atoms with van der Waals surface area (Å²) >= 11 is 0. The van der Waals surface area contributed by atoms with Crippen LogP contribution in [0.25, 0.3) is 0 Å². The molecule has 1 unspecified atom stereocenters. The van der Waals surface area contributed by atoms with E-state index in [1.54, 1.807) is 13.8 Å². The summed E-state index contributed by atoms with van der Waals surface area (Å²) in [5, 5.41) is 0. The number of likely N-dealkylation sites (tertiary alicyclic amines) is 1. The Kier molecular flexibility index (Phi) is 4.00. The highest BCUT2D eigenvalue weighted by Gasteiger charge is 2.56. The Morgan fingerprint density at radius 2 is 1.89 bits per heavy atom. The van der Waals surface area contributed by atoms with E-state index in [1.807, 2.05) is 0 Å². The third kappa shape index (κ3) is 2.63. The summed E-state index contributed by atoms with van der Waals surface area (Å²) in [6.07, 6.45) is -4.33. The van der Waals surface area contributed by atoms with Crippen molar-refractivity contribution in [3.63, 3.8) is 0 Å². The van der Waals surface area contributed by atoms with Gasteiger partial charge in [0.2, 0.25) is 5.91 Å². The second-order valence-corrected chi connectivity index (χ2v) is 5.80. The second-order valence-electron chi connectivity index (χ2n) is 5.80. The first-order valence-electron chi connectivity index (χ1n) is 6.13.